The summed E-state index contributed by atoms with van der Waals surface area (Å²) in [5.41, 5.74) is 0.910. The first-order valence-electron chi connectivity index (χ1n) is 8.61. The van der Waals surface area contributed by atoms with E-state index in [0.717, 1.165) is 16.7 Å². The number of amides is 1. The van der Waals surface area contributed by atoms with Gasteiger partial charge in [-0.25, -0.2) is 9.97 Å². The summed E-state index contributed by atoms with van der Waals surface area (Å²) in [7, 11) is 1.84. The van der Waals surface area contributed by atoms with Gasteiger partial charge in [0.05, 0.1) is 17.8 Å². The first kappa shape index (κ1) is 17.3. The lowest BCUT2D eigenvalue weighted by molar-refractivity contribution is -0.127. The van der Waals surface area contributed by atoms with Crippen LogP contribution in [-0.4, -0.2) is 39.6 Å². The average molecular weight is 385 g/mol. The topological polar surface area (TPSA) is 58.1 Å². The summed E-state index contributed by atoms with van der Waals surface area (Å²) in [5, 5.41) is 7.18. The van der Waals surface area contributed by atoms with Crippen LogP contribution in [0.15, 0.2) is 46.9 Å². The molecule has 1 aliphatic carbocycles. The van der Waals surface area contributed by atoms with Crippen LogP contribution in [0.1, 0.15) is 17.7 Å². The van der Waals surface area contributed by atoms with Crippen molar-refractivity contribution >= 4 is 45.7 Å². The molecule has 0 radical (unpaired) electrons. The van der Waals surface area contributed by atoms with E-state index in [1.807, 2.05) is 48.8 Å². The van der Waals surface area contributed by atoms with Crippen LogP contribution in [0.5, 0.6) is 0 Å². The van der Waals surface area contributed by atoms with E-state index in [1.165, 1.54) is 29.5 Å². The Labute approximate surface area is 160 Å². The van der Waals surface area contributed by atoms with Crippen molar-refractivity contribution in [1.82, 2.24) is 14.9 Å². The molecule has 0 unspecified atom stereocenters. The van der Waals surface area contributed by atoms with Crippen LogP contribution in [0.4, 0.5) is 5.82 Å². The molecule has 1 fully saturated rings. The second-order valence-electron chi connectivity index (χ2n) is 6.41. The van der Waals surface area contributed by atoms with Crippen molar-refractivity contribution < 1.29 is 4.79 Å². The molecule has 0 bridgehead atoms. The van der Waals surface area contributed by atoms with Gasteiger partial charge in [-0.3, -0.25) is 4.79 Å². The third kappa shape index (κ3) is 4.16. The summed E-state index contributed by atoms with van der Waals surface area (Å²) in [5.74, 6) is 1.29. The molecule has 1 N–H and O–H groups in total. The van der Waals surface area contributed by atoms with Gasteiger partial charge in [-0.2, -0.15) is 0 Å². The van der Waals surface area contributed by atoms with E-state index in [-0.39, 0.29) is 5.91 Å². The number of carbonyl (C=O) groups is 1. The smallest absolute Gasteiger partial charge is 0.233 e. The van der Waals surface area contributed by atoms with Gasteiger partial charge in [0.15, 0.2) is 5.16 Å². The van der Waals surface area contributed by atoms with Gasteiger partial charge in [-0.05, 0) is 36.4 Å². The van der Waals surface area contributed by atoms with E-state index < -0.39 is 0 Å². The number of anilines is 1. The maximum atomic E-state index is 12.4. The van der Waals surface area contributed by atoms with E-state index in [4.69, 9.17) is 0 Å². The number of hydrogen-bond acceptors (Lipinski definition) is 6. The Morgan fingerprint density at radius 1 is 1.27 bits per heavy atom. The van der Waals surface area contributed by atoms with Gasteiger partial charge in [0.25, 0.3) is 0 Å². The Morgan fingerprint density at radius 2 is 2.12 bits per heavy atom. The first-order chi connectivity index (χ1) is 12.7. The number of para-hydroxylation sites is 1. The Bertz CT molecular complexity index is 909. The number of nitrogens with zero attached hydrogens (tertiary/aromatic N) is 3. The number of carbonyl (C=O) groups excluding carboxylic acids is 1. The van der Waals surface area contributed by atoms with E-state index in [1.54, 1.807) is 16.2 Å². The first-order valence-corrected chi connectivity index (χ1v) is 10.5. The lowest BCUT2D eigenvalue weighted by Gasteiger charge is -2.16. The third-order valence-corrected chi connectivity index (χ3v) is 5.92. The standard InChI is InChI=1S/C19H20N4OS2/c1-23(11-14-5-4-10-25-14)17(24)12-26-19-21-16-7-3-2-6-15(16)18(22-19)20-13-8-9-13/h2-7,10,13H,8-9,11-12H2,1H3,(H,20,21,22). The summed E-state index contributed by atoms with van der Waals surface area (Å²) in [6.45, 7) is 0.643. The van der Waals surface area contributed by atoms with Gasteiger partial charge in [0, 0.05) is 23.4 Å². The minimum atomic E-state index is 0.0804. The molecule has 5 nitrogen and oxygen atoms in total. The SMILES string of the molecule is CN(Cc1cccs1)C(=O)CSc1nc(NC2CC2)c2ccccc2n1. The molecule has 0 atom stereocenters. The van der Waals surface area contributed by atoms with Crippen LogP contribution in [-0.2, 0) is 11.3 Å². The number of thioether (sulfide) groups is 1. The van der Waals surface area contributed by atoms with Crippen molar-refractivity contribution in [1.29, 1.82) is 0 Å². The van der Waals surface area contributed by atoms with Gasteiger partial charge in [-0.15, -0.1) is 11.3 Å². The minimum Gasteiger partial charge on any atom is -0.367 e. The van der Waals surface area contributed by atoms with E-state index in [0.29, 0.717) is 23.5 Å². The molecule has 1 aromatic carbocycles. The maximum Gasteiger partial charge on any atom is 0.233 e. The van der Waals surface area contributed by atoms with Crippen LogP contribution in [0.2, 0.25) is 0 Å². The summed E-state index contributed by atoms with van der Waals surface area (Å²) in [4.78, 5) is 24.6. The summed E-state index contributed by atoms with van der Waals surface area (Å²) in [6, 6.07) is 12.6. The minimum absolute atomic E-state index is 0.0804. The highest BCUT2D eigenvalue weighted by atomic mass is 32.2. The average Bonchev–Trinajstić information content (AvgIpc) is 3.32. The molecule has 2 heterocycles. The fraction of sp³-hybridized carbons (Fsp3) is 0.316. The predicted octanol–water partition coefficient (Wildman–Crippen LogP) is 4.02. The molecule has 0 spiro atoms. The number of rotatable bonds is 7. The van der Waals surface area contributed by atoms with Crippen molar-refractivity contribution in [2.24, 2.45) is 0 Å². The van der Waals surface area contributed by atoms with E-state index in [2.05, 4.69) is 15.3 Å². The Kier molecular flexibility index (Phi) is 5.08. The third-order valence-electron chi connectivity index (χ3n) is 4.22. The molecule has 1 saturated carbocycles. The van der Waals surface area contributed by atoms with Crippen molar-refractivity contribution in [2.75, 3.05) is 18.1 Å². The van der Waals surface area contributed by atoms with E-state index >= 15 is 0 Å². The van der Waals surface area contributed by atoms with Gasteiger partial charge in [-0.1, -0.05) is 30.0 Å². The quantitative estimate of drug-likeness (QED) is 0.493. The molecule has 1 amide bonds. The molecule has 4 rings (SSSR count). The second-order valence-corrected chi connectivity index (χ2v) is 8.38. The lowest BCUT2D eigenvalue weighted by Crippen LogP contribution is -2.27. The Morgan fingerprint density at radius 3 is 2.88 bits per heavy atom. The van der Waals surface area contributed by atoms with Gasteiger partial charge >= 0.3 is 0 Å². The molecule has 26 heavy (non-hydrogen) atoms. The van der Waals surface area contributed by atoms with Gasteiger partial charge in [0.2, 0.25) is 5.91 Å². The number of nitrogens with one attached hydrogen (secondary N) is 1. The molecule has 1 aliphatic rings. The van der Waals surface area contributed by atoms with Crippen LogP contribution in [0.25, 0.3) is 10.9 Å². The summed E-state index contributed by atoms with van der Waals surface area (Å²) >= 11 is 3.06. The summed E-state index contributed by atoms with van der Waals surface area (Å²) < 4.78 is 0. The van der Waals surface area contributed by atoms with Crippen molar-refractivity contribution in [3.63, 3.8) is 0 Å². The number of hydrogen-bond donors (Lipinski definition) is 1. The van der Waals surface area contributed by atoms with Gasteiger partial charge in [0.1, 0.15) is 5.82 Å². The van der Waals surface area contributed by atoms with Crippen LogP contribution < -0.4 is 5.32 Å². The number of benzene rings is 1. The second kappa shape index (κ2) is 7.63. The number of aromatic nitrogens is 2. The van der Waals surface area contributed by atoms with Gasteiger partial charge < -0.3 is 10.2 Å². The Hall–Kier alpha value is -2.12. The largest absolute Gasteiger partial charge is 0.367 e. The predicted molar refractivity (Wildman–Crippen MR) is 108 cm³/mol. The zero-order chi connectivity index (χ0) is 17.9. The van der Waals surface area contributed by atoms with Crippen molar-refractivity contribution in [2.45, 2.75) is 30.6 Å². The normalized spacial score (nSPS) is 13.7. The number of fused-ring (bicyclic) bond motifs is 1. The van der Waals surface area contributed by atoms with Crippen LogP contribution >= 0.6 is 23.1 Å². The molecule has 0 aliphatic heterocycles. The van der Waals surface area contributed by atoms with Crippen LogP contribution in [0, 0.1) is 0 Å². The van der Waals surface area contributed by atoms with Crippen molar-refractivity contribution in [3.05, 3.63) is 46.7 Å². The highest BCUT2D eigenvalue weighted by Gasteiger charge is 2.23. The molecular weight excluding hydrogens is 364 g/mol. The lowest BCUT2D eigenvalue weighted by atomic mass is 10.2. The molecule has 3 aromatic rings. The molecule has 2 aromatic heterocycles. The zero-order valence-electron chi connectivity index (χ0n) is 14.5. The maximum absolute atomic E-state index is 12.4. The highest BCUT2D eigenvalue weighted by Crippen LogP contribution is 2.29. The fourth-order valence-electron chi connectivity index (χ4n) is 2.61. The van der Waals surface area contributed by atoms with E-state index in [9.17, 15) is 4.79 Å². The Balaban J connectivity index is 1.45. The molecule has 7 heteroatoms. The number of thiophene rings is 1. The van der Waals surface area contributed by atoms with Crippen molar-refractivity contribution in [3.8, 4) is 0 Å². The highest BCUT2D eigenvalue weighted by molar-refractivity contribution is 7.99. The van der Waals surface area contributed by atoms with Crippen LogP contribution in [0.3, 0.4) is 0 Å². The molecule has 0 saturated heterocycles. The monoisotopic (exact) mass is 384 g/mol. The molecule has 134 valence electrons. The fourth-order valence-corrected chi connectivity index (χ4v) is 4.16. The zero-order valence-corrected chi connectivity index (χ0v) is 16.1. The molecular formula is C19H20N4OS2. The summed E-state index contributed by atoms with van der Waals surface area (Å²) in [6.07, 6.45) is 2.37.